The quantitative estimate of drug-likeness (QED) is 0.787. The Kier molecular flexibility index (Phi) is 4.93. The molecule has 2 atom stereocenters. The molecule has 0 aliphatic carbocycles. The van der Waals surface area contributed by atoms with Crippen molar-refractivity contribution in [2.75, 3.05) is 13.1 Å². The third-order valence-electron chi connectivity index (χ3n) is 3.52. The second-order valence-corrected chi connectivity index (χ2v) is 7.39. The molecule has 0 radical (unpaired) electrons. The lowest BCUT2D eigenvalue weighted by molar-refractivity contribution is -0.141. The van der Waals surface area contributed by atoms with Gasteiger partial charge in [0.1, 0.15) is 5.60 Å². The molecule has 0 spiro atoms. The van der Waals surface area contributed by atoms with Crippen molar-refractivity contribution < 1.29 is 23.8 Å². The summed E-state index contributed by atoms with van der Waals surface area (Å²) in [5.41, 5.74) is -0.506. The van der Waals surface area contributed by atoms with E-state index in [2.05, 4.69) is 20.9 Å². The molecule has 1 amide bonds. The number of hydrogen-bond donors (Lipinski definition) is 1. The predicted octanol–water partition coefficient (Wildman–Crippen LogP) is 3.02. The molecule has 1 aromatic heterocycles. The van der Waals surface area contributed by atoms with Crippen molar-refractivity contribution >= 4 is 28.0 Å². The Hall–Kier alpha value is -1.70. The zero-order valence-electron chi connectivity index (χ0n) is 13.0. The molecule has 1 fully saturated rings. The van der Waals surface area contributed by atoms with Crippen LogP contribution in [0.3, 0.4) is 0 Å². The number of aliphatic carboxylic acids is 1. The van der Waals surface area contributed by atoms with Crippen LogP contribution >= 0.6 is 15.9 Å². The van der Waals surface area contributed by atoms with Crippen molar-refractivity contribution in [1.82, 2.24) is 9.88 Å². The van der Waals surface area contributed by atoms with Crippen LogP contribution in [0.15, 0.2) is 16.7 Å². The highest BCUT2D eigenvalue weighted by molar-refractivity contribution is 9.10. The van der Waals surface area contributed by atoms with Crippen molar-refractivity contribution in [3.8, 4) is 0 Å². The number of halogens is 2. The van der Waals surface area contributed by atoms with E-state index in [1.807, 2.05) is 0 Å². The number of hydrogen-bond acceptors (Lipinski definition) is 4. The van der Waals surface area contributed by atoms with Crippen LogP contribution in [0.4, 0.5) is 9.18 Å². The fourth-order valence-corrected chi connectivity index (χ4v) is 2.89. The maximum absolute atomic E-state index is 14.0. The number of carbonyl (C=O) groups excluding carboxylic acids is 1. The summed E-state index contributed by atoms with van der Waals surface area (Å²) in [5.74, 6) is -3.39. The van der Waals surface area contributed by atoms with Crippen LogP contribution in [-0.2, 0) is 9.53 Å². The van der Waals surface area contributed by atoms with E-state index in [0.717, 1.165) is 0 Å². The third-order valence-corrected chi connectivity index (χ3v) is 3.95. The van der Waals surface area contributed by atoms with Gasteiger partial charge in [0.15, 0.2) is 0 Å². The summed E-state index contributed by atoms with van der Waals surface area (Å²) in [6, 6.07) is 1.50. The van der Waals surface area contributed by atoms with E-state index in [4.69, 9.17) is 4.74 Å². The van der Waals surface area contributed by atoms with Crippen LogP contribution in [0.2, 0.25) is 0 Å². The lowest BCUT2D eigenvalue weighted by Gasteiger charge is -2.24. The molecule has 6 nitrogen and oxygen atoms in total. The summed E-state index contributed by atoms with van der Waals surface area (Å²) in [4.78, 5) is 28.6. The highest BCUT2D eigenvalue weighted by Gasteiger charge is 2.43. The average molecular weight is 389 g/mol. The Morgan fingerprint density at radius 1 is 1.43 bits per heavy atom. The highest BCUT2D eigenvalue weighted by atomic mass is 79.9. The molecule has 2 unspecified atom stereocenters. The first-order valence-corrected chi connectivity index (χ1v) is 7.89. The molecule has 1 aliphatic rings. The van der Waals surface area contributed by atoms with Gasteiger partial charge < -0.3 is 14.7 Å². The summed E-state index contributed by atoms with van der Waals surface area (Å²) in [7, 11) is 0. The summed E-state index contributed by atoms with van der Waals surface area (Å²) in [6.45, 7) is 5.23. The van der Waals surface area contributed by atoms with Gasteiger partial charge in [0.05, 0.1) is 5.92 Å². The molecule has 0 aromatic carbocycles. The van der Waals surface area contributed by atoms with E-state index in [1.54, 1.807) is 20.8 Å². The molecule has 2 rings (SSSR count). The van der Waals surface area contributed by atoms with E-state index < -0.39 is 35.4 Å². The number of pyridine rings is 1. The molecule has 8 heteroatoms. The number of aromatic nitrogens is 1. The first kappa shape index (κ1) is 17.7. The maximum atomic E-state index is 14.0. The molecule has 126 valence electrons. The summed E-state index contributed by atoms with van der Waals surface area (Å²) < 4.78 is 19.8. The number of rotatable bonds is 2. The Bertz CT molecular complexity index is 632. The fourth-order valence-electron chi connectivity index (χ4n) is 2.54. The number of likely N-dealkylation sites (tertiary alicyclic amines) is 1. The summed E-state index contributed by atoms with van der Waals surface area (Å²) >= 11 is 3.20. The third kappa shape index (κ3) is 4.19. The van der Waals surface area contributed by atoms with E-state index >= 15 is 0 Å². The smallest absolute Gasteiger partial charge is 0.410 e. The van der Waals surface area contributed by atoms with Crippen LogP contribution < -0.4 is 0 Å². The van der Waals surface area contributed by atoms with Crippen LogP contribution in [0.25, 0.3) is 0 Å². The van der Waals surface area contributed by atoms with E-state index in [9.17, 15) is 19.1 Å². The van der Waals surface area contributed by atoms with Gasteiger partial charge in [-0.3, -0.25) is 4.79 Å². The first-order chi connectivity index (χ1) is 10.6. The maximum Gasteiger partial charge on any atom is 0.410 e. The number of carboxylic acid groups (broad SMARTS) is 1. The SMILES string of the molecule is CC(C)(C)OC(=O)N1CC(C(=O)O)C(c2cc(Br)cnc2F)C1. The molecule has 2 heterocycles. The van der Waals surface area contributed by atoms with E-state index in [0.29, 0.717) is 4.47 Å². The van der Waals surface area contributed by atoms with Crippen molar-refractivity contribution in [3.63, 3.8) is 0 Å². The number of amides is 1. The summed E-state index contributed by atoms with van der Waals surface area (Å²) in [5, 5.41) is 9.40. The molecular weight excluding hydrogens is 371 g/mol. The second-order valence-electron chi connectivity index (χ2n) is 6.47. The van der Waals surface area contributed by atoms with E-state index in [1.165, 1.54) is 17.2 Å². The minimum Gasteiger partial charge on any atom is -0.481 e. The van der Waals surface area contributed by atoms with Crippen molar-refractivity contribution in [3.05, 3.63) is 28.2 Å². The topological polar surface area (TPSA) is 79.7 Å². The zero-order chi connectivity index (χ0) is 17.4. The molecule has 1 aliphatic heterocycles. The van der Waals surface area contributed by atoms with Gasteiger partial charge in [-0.2, -0.15) is 4.39 Å². The van der Waals surface area contributed by atoms with Gasteiger partial charge in [0, 0.05) is 35.2 Å². The van der Waals surface area contributed by atoms with Crippen LogP contribution in [0.5, 0.6) is 0 Å². The minimum atomic E-state index is -1.08. The number of nitrogens with zero attached hydrogens (tertiary/aromatic N) is 2. The molecule has 23 heavy (non-hydrogen) atoms. The predicted molar refractivity (Wildman–Crippen MR) is 83.6 cm³/mol. The second kappa shape index (κ2) is 6.43. The van der Waals surface area contributed by atoms with Crippen LogP contribution in [-0.4, -0.2) is 45.7 Å². The van der Waals surface area contributed by atoms with Crippen LogP contribution in [0.1, 0.15) is 32.3 Å². The Balaban J connectivity index is 2.27. The van der Waals surface area contributed by atoms with Gasteiger partial charge in [-0.1, -0.05) is 0 Å². The monoisotopic (exact) mass is 388 g/mol. The normalized spacial score (nSPS) is 21.3. The van der Waals surface area contributed by atoms with Gasteiger partial charge >= 0.3 is 12.1 Å². The number of carbonyl (C=O) groups is 2. The van der Waals surface area contributed by atoms with Gasteiger partial charge in [-0.15, -0.1) is 0 Å². The zero-order valence-corrected chi connectivity index (χ0v) is 14.6. The van der Waals surface area contributed by atoms with Gasteiger partial charge in [-0.05, 0) is 42.8 Å². The Morgan fingerprint density at radius 3 is 2.65 bits per heavy atom. The van der Waals surface area contributed by atoms with Crippen LogP contribution in [0, 0.1) is 11.9 Å². The van der Waals surface area contributed by atoms with E-state index in [-0.39, 0.29) is 18.7 Å². The fraction of sp³-hybridized carbons (Fsp3) is 0.533. The van der Waals surface area contributed by atoms with Gasteiger partial charge in [-0.25, -0.2) is 9.78 Å². The molecule has 0 saturated carbocycles. The summed E-state index contributed by atoms with van der Waals surface area (Å²) in [6.07, 6.45) is 0.699. The average Bonchev–Trinajstić information content (AvgIpc) is 2.85. The lowest BCUT2D eigenvalue weighted by atomic mass is 9.90. The van der Waals surface area contributed by atoms with Gasteiger partial charge in [0.25, 0.3) is 0 Å². The van der Waals surface area contributed by atoms with Crippen molar-refractivity contribution in [1.29, 1.82) is 0 Å². The first-order valence-electron chi connectivity index (χ1n) is 7.10. The molecule has 0 bridgehead atoms. The highest BCUT2D eigenvalue weighted by Crippen LogP contribution is 2.35. The minimum absolute atomic E-state index is 0.0269. The molecular formula is C15H18BrFN2O4. The number of ether oxygens (including phenoxy) is 1. The Morgan fingerprint density at radius 2 is 2.09 bits per heavy atom. The lowest BCUT2D eigenvalue weighted by Crippen LogP contribution is -2.35. The molecule has 1 saturated heterocycles. The standard InChI is InChI=1S/C15H18BrFN2O4/c1-15(2,3)23-14(22)19-6-10(11(7-19)13(20)21)9-4-8(16)5-18-12(9)17/h4-5,10-11H,6-7H2,1-3H3,(H,20,21). The largest absolute Gasteiger partial charge is 0.481 e. The number of carboxylic acids is 1. The van der Waals surface area contributed by atoms with Crippen molar-refractivity contribution in [2.24, 2.45) is 5.92 Å². The molecule has 1 N–H and O–H groups in total. The Labute approximate surface area is 141 Å². The van der Waals surface area contributed by atoms with Crippen molar-refractivity contribution in [2.45, 2.75) is 32.3 Å². The van der Waals surface area contributed by atoms with Gasteiger partial charge in [0.2, 0.25) is 5.95 Å². The molecule has 1 aromatic rings.